The maximum Gasteiger partial charge on any atom is 0.264 e. The van der Waals surface area contributed by atoms with Crippen LogP contribution in [0.1, 0.15) is 74.9 Å². The first kappa shape index (κ1) is 31.6. The predicted octanol–water partition coefficient (Wildman–Crippen LogP) is 6.73. The molecule has 9 nitrogen and oxygen atoms in total. The van der Waals surface area contributed by atoms with Crippen LogP contribution in [0.2, 0.25) is 0 Å². The minimum absolute atomic E-state index is 0. The molecule has 228 valence electrons. The van der Waals surface area contributed by atoms with Gasteiger partial charge in [0.05, 0.1) is 22.8 Å². The molecule has 1 N–H and O–H groups in total. The molecule has 2 aromatic carbocycles. The number of pyridine rings is 1. The number of rotatable bonds is 2. The fraction of sp³-hybridized carbons (Fsp3) is 0.333. The molecule has 4 bridgehead atoms. The number of amides is 1. The lowest BCUT2D eigenvalue weighted by molar-refractivity contribution is 0.0702. The normalized spacial score (nSPS) is 16.3. The number of hydrogen-bond acceptors (Lipinski definition) is 7. The van der Waals surface area contributed by atoms with Crippen LogP contribution in [0.15, 0.2) is 71.8 Å². The van der Waals surface area contributed by atoms with Gasteiger partial charge in [0, 0.05) is 31.9 Å². The fourth-order valence-electron chi connectivity index (χ4n) is 4.78. The molecular weight excluding hydrogens is 562 g/mol. The number of carbonyl (C=O) groups excluding carboxylic acids is 1. The number of nitrogens with zero attached hydrogens (tertiary/aromatic N) is 4. The summed E-state index contributed by atoms with van der Waals surface area (Å²) in [6.45, 7) is 14.4. The van der Waals surface area contributed by atoms with Crippen molar-refractivity contribution in [1.82, 2.24) is 19.9 Å². The van der Waals surface area contributed by atoms with E-state index in [0.29, 0.717) is 11.4 Å². The van der Waals surface area contributed by atoms with E-state index in [1.807, 2.05) is 64.2 Å². The monoisotopic (exact) mass is 603 g/mol. The summed E-state index contributed by atoms with van der Waals surface area (Å²) in [7, 11) is -2.47. The third kappa shape index (κ3) is 7.02. The number of sulfonamides is 1. The molecule has 1 aliphatic rings. The molecule has 10 heteroatoms. The van der Waals surface area contributed by atoms with Crippen molar-refractivity contribution >= 4 is 21.9 Å². The van der Waals surface area contributed by atoms with Crippen LogP contribution in [0.5, 0.6) is 5.88 Å². The predicted molar refractivity (Wildman–Crippen MR) is 171 cm³/mol. The average molecular weight is 604 g/mol. The van der Waals surface area contributed by atoms with Crippen LogP contribution >= 0.6 is 0 Å². The molecule has 0 radical (unpaired) electrons. The largest absolute Gasteiger partial charge is 0.466 e. The summed E-state index contributed by atoms with van der Waals surface area (Å²) in [5.41, 5.74) is 5.10. The molecule has 5 rings (SSSR count). The number of carbonyl (C=O) groups is 1. The molecule has 43 heavy (non-hydrogen) atoms. The van der Waals surface area contributed by atoms with Gasteiger partial charge in [-0.15, -0.1) is 0 Å². The number of hydrogen-bond donors (Lipinski definition) is 1. The van der Waals surface area contributed by atoms with Crippen molar-refractivity contribution < 1.29 is 19.4 Å². The molecule has 3 heterocycles. The molecule has 1 amide bonds. The molecule has 4 aromatic rings. The molecule has 0 saturated carbocycles. The van der Waals surface area contributed by atoms with Gasteiger partial charge in [0.15, 0.2) is 6.10 Å². The Kier molecular flexibility index (Phi) is 9.20. The van der Waals surface area contributed by atoms with Crippen molar-refractivity contribution in [3.05, 3.63) is 94.8 Å². The van der Waals surface area contributed by atoms with Gasteiger partial charge in [0.25, 0.3) is 15.9 Å². The molecule has 0 saturated heterocycles. The Morgan fingerprint density at radius 3 is 2.28 bits per heavy atom. The Bertz CT molecular complexity index is 1720. The van der Waals surface area contributed by atoms with E-state index in [0.717, 1.165) is 22.3 Å². The second-order valence-electron chi connectivity index (χ2n) is 11.3. The van der Waals surface area contributed by atoms with E-state index in [1.54, 1.807) is 19.2 Å². The van der Waals surface area contributed by atoms with Crippen LogP contribution < -0.4 is 9.46 Å². The first-order valence-corrected chi connectivity index (χ1v) is 15.8. The third-order valence-corrected chi connectivity index (χ3v) is 8.41. The van der Waals surface area contributed by atoms with Crippen LogP contribution in [-0.4, -0.2) is 47.8 Å². The van der Waals surface area contributed by atoms with Crippen molar-refractivity contribution in [1.29, 1.82) is 0 Å². The van der Waals surface area contributed by atoms with E-state index in [-0.39, 0.29) is 41.6 Å². The second-order valence-corrected chi connectivity index (χ2v) is 13.0. The number of ether oxygens (including phenoxy) is 1. The first-order valence-electron chi connectivity index (χ1n) is 14.3. The lowest BCUT2D eigenvalue weighted by atomic mass is 9.88. The van der Waals surface area contributed by atoms with Gasteiger partial charge in [-0.2, -0.15) is 4.98 Å². The number of fused-ring (bicyclic) bond motifs is 4. The highest BCUT2D eigenvalue weighted by Crippen LogP contribution is 2.32. The highest BCUT2D eigenvalue weighted by molar-refractivity contribution is 7.92. The zero-order valence-corrected chi connectivity index (χ0v) is 26.8. The summed E-state index contributed by atoms with van der Waals surface area (Å²) >= 11 is 0. The molecule has 0 spiro atoms. The van der Waals surface area contributed by atoms with Gasteiger partial charge in [-0.25, -0.2) is 18.1 Å². The number of nitrogens with one attached hydrogen (secondary N) is 1. The quantitative estimate of drug-likeness (QED) is 0.270. The zero-order chi connectivity index (χ0) is 31.5. The smallest absolute Gasteiger partial charge is 0.264 e. The summed E-state index contributed by atoms with van der Waals surface area (Å²) in [6, 6.07) is 17.4. The molecular formula is C33H41N5O4S. The summed E-state index contributed by atoms with van der Waals surface area (Å²) in [4.78, 5) is 28.5. The number of benzene rings is 2. The van der Waals surface area contributed by atoms with Gasteiger partial charge in [0.2, 0.25) is 11.8 Å². The Balaban J connectivity index is 0.00000173. The Labute approximate surface area is 255 Å². The van der Waals surface area contributed by atoms with Gasteiger partial charge in [-0.3, -0.25) is 9.78 Å². The number of aromatic nitrogens is 3. The highest BCUT2D eigenvalue weighted by Gasteiger charge is 2.27. The van der Waals surface area contributed by atoms with E-state index in [1.165, 1.54) is 23.1 Å². The van der Waals surface area contributed by atoms with E-state index in [9.17, 15) is 13.2 Å². The van der Waals surface area contributed by atoms with Crippen LogP contribution in [-0.2, 0) is 15.4 Å². The van der Waals surface area contributed by atoms with Crippen LogP contribution in [0.25, 0.3) is 11.3 Å². The average Bonchev–Trinajstić information content (AvgIpc) is 2.96. The SMILES string of the molecule is CC.Cc1cccc(C)c1-c1cc2nc(n1)NS(=O)(=O)c1cccc(c1)C(=O)N(C)CC(c1ccc(C(C)(C)C)cn1)O2.[HH]. The Hall–Kier alpha value is -4.31. The van der Waals surface area contributed by atoms with Crippen molar-refractivity contribution in [2.45, 2.75) is 64.9 Å². The van der Waals surface area contributed by atoms with Crippen LogP contribution in [0, 0.1) is 13.8 Å². The Morgan fingerprint density at radius 2 is 1.65 bits per heavy atom. The molecule has 0 fully saturated rings. The van der Waals surface area contributed by atoms with Crippen molar-refractivity contribution in [3.63, 3.8) is 0 Å². The van der Waals surface area contributed by atoms with Crippen molar-refractivity contribution in [3.8, 4) is 17.1 Å². The Morgan fingerprint density at radius 1 is 0.977 bits per heavy atom. The minimum Gasteiger partial charge on any atom is -0.466 e. The molecule has 1 aliphatic heterocycles. The van der Waals surface area contributed by atoms with Gasteiger partial charge in [0.1, 0.15) is 0 Å². The molecule has 2 aromatic heterocycles. The first-order chi connectivity index (χ1) is 20.3. The van der Waals surface area contributed by atoms with Crippen LogP contribution in [0.3, 0.4) is 0 Å². The van der Waals surface area contributed by atoms with E-state index in [4.69, 9.17) is 9.72 Å². The summed E-state index contributed by atoms with van der Waals surface area (Å²) in [5, 5.41) is 0. The third-order valence-electron chi connectivity index (χ3n) is 7.09. The summed E-state index contributed by atoms with van der Waals surface area (Å²) in [6.07, 6.45) is 1.11. The molecule has 1 atom stereocenters. The maximum atomic E-state index is 13.4. The van der Waals surface area contributed by atoms with E-state index >= 15 is 0 Å². The van der Waals surface area contributed by atoms with E-state index < -0.39 is 16.1 Å². The highest BCUT2D eigenvalue weighted by atomic mass is 32.2. The minimum atomic E-state index is -4.12. The number of anilines is 1. The standard InChI is InChI=1S/C31H33N5O4S.C2H6.H2/c1-19-9-7-10-20(2)28(19)25-16-27-34-30(33-25)35-41(38,39)23-12-8-11-21(15-23)29(37)36(6)18-26(40-27)24-14-13-22(17-32-24)31(3,4)5;1-2;/h7-17,26H,18H2,1-6H3,(H,33,34,35);1-2H3;1H. The van der Waals surface area contributed by atoms with Crippen molar-refractivity contribution in [2.24, 2.45) is 0 Å². The van der Waals surface area contributed by atoms with E-state index in [2.05, 4.69) is 35.5 Å². The van der Waals surface area contributed by atoms with Gasteiger partial charge in [-0.1, -0.05) is 65.0 Å². The van der Waals surface area contributed by atoms with Crippen molar-refractivity contribution in [2.75, 3.05) is 18.3 Å². The second kappa shape index (κ2) is 12.5. The molecule has 1 unspecified atom stereocenters. The topological polar surface area (TPSA) is 114 Å². The van der Waals surface area contributed by atoms with Crippen LogP contribution in [0.4, 0.5) is 5.95 Å². The van der Waals surface area contributed by atoms with Gasteiger partial charge < -0.3 is 9.64 Å². The number of aryl methyl sites for hydroxylation is 2. The summed E-state index contributed by atoms with van der Waals surface area (Å²) < 4.78 is 35.7. The van der Waals surface area contributed by atoms with Gasteiger partial charge >= 0.3 is 0 Å². The fourth-order valence-corrected chi connectivity index (χ4v) is 5.77. The zero-order valence-electron chi connectivity index (χ0n) is 26.0. The molecule has 0 aliphatic carbocycles. The van der Waals surface area contributed by atoms with Gasteiger partial charge in [-0.05, 0) is 60.2 Å². The summed E-state index contributed by atoms with van der Waals surface area (Å²) in [5.74, 6) is -0.344. The number of likely N-dealkylation sites (N-methyl/N-ethyl adjacent to an activating group) is 1. The lowest BCUT2D eigenvalue weighted by Crippen LogP contribution is -2.33. The lowest BCUT2D eigenvalue weighted by Gasteiger charge is -2.26. The maximum absolute atomic E-state index is 13.4.